The van der Waals surface area contributed by atoms with Gasteiger partial charge in [0, 0.05) is 18.7 Å². The Kier molecular flexibility index (Phi) is 6.54. The van der Waals surface area contributed by atoms with Gasteiger partial charge in [-0.3, -0.25) is 4.79 Å². The Morgan fingerprint density at radius 1 is 1.19 bits per heavy atom. The number of nitrogens with one attached hydrogen (secondary N) is 1. The molecule has 0 spiro atoms. The standard InChI is InChI=1S/C17H26N2O2/c1-21-16-9-5-4-8-15(16)14-17(20)18-10-13-19-11-6-2-3-7-12-19/h4-5,8-9H,2-3,6-7,10-14H2,1H3,(H,18,20). The van der Waals surface area contributed by atoms with Crippen molar-refractivity contribution in [3.8, 4) is 5.75 Å². The Hall–Kier alpha value is -1.55. The van der Waals surface area contributed by atoms with Crippen molar-refractivity contribution in [3.05, 3.63) is 29.8 Å². The number of nitrogens with zero attached hydrogens (tertiary/aromatic N) is 1. The van der Waals surface area contributed by atoms with E-state index in [0.29, 0.717) is 6.42 Å². The number of rotatable bonds is 6. The molecule has 116 valence electrons. The molecule has 1 aliphatic rings. The Morgan fingerprint density at radius 2 is 1.90 bits per heavy atom. The maximum absolute atomic E-state index is 12.0. The van der Waals surface area contributed by atoms with Crippen molar-refractivity contribution in [2.75, 3.05) is 33.3 Å². The highest BCUT2D eigenvalue weighted by molar-refractivity contribution is 5.79. The third kappa shape index (κ3) is 5.38. The summed E-state index contributed by atoms with van der Waals surface area (Å²) in [5.41, 5.74) is 0.937. The van der Waals surface area contributed by atoms with Crippen molar-refractivity contribution >= 4 is 5.91 Å². The molecule has 0 radical (unpaired) electrons. The molecule has 1 fully saturated rings. The zero-order valence-corrected chi connectivity index (χ0v) is 12.9. The fourth-order valence-corrected chi connectivity index (χ4v) is 2.80. The van der Waals surface area contributed by atoms with E-state index in [-0.39, 0.29) is 5.91 Å². The first-order valence-corrected chi connectivity index (χ1v) is 7.90. The molecule has 0 unspecified atom stereocenters. The lowest BCUT2D eigenvalue weighted by atomic mass is 10.1. The van der Waals surface area contributed by atoms with Crippen LogP contribution in [-0.2, 0) is 11.2 Å². The van der Waals surface area contributed by atoms with Gasteiger partial charge in [0.15, 0.2) is 0 Å². The fourth-order valence-electron chi connectivity index (χ4n) is 2.80. The maximum atomic E-state index is 12.0. The minimum absolute atomic E-state index is 0.0642. The average Bonchev–Trinajstić information content (AvgIpc) is 2.76. The van der Waals surface area contributed by atoms with Gasteiger partial charge in [-0.1, -0.05) is 31.0 Å². The molecule has 1 aromatic rings. The molecule has 0 bridgehead atoms. The van der Waals surface area contributed by atoms with Crippen molar-refractivity contribution in [2.45, 2.75) is 32.1 Å². The first-order valence-electron chi connectivity index (χ1n) is 7.90. The third-order valence-electron chi connectivity index (χ3n) is 3.99. The van der Waals surface area contributed by atoms with E-state index < -0.39 is 0 Å². The first kappa shape index (κ1) is 15.8. The van der Waals surface area contributed by atoms with Crippen LogP contribution >= 0.6 is 0 Å². The highest BCUT2D eigenvalue weighted by atomic mass is 16.5. The lowest BCUT2D eigenvalue weighted by Crippen LogP contribution is -2.36. The number of hydrogen-bond donors (Lipinski definition) is 1. The van der Waals surface area contributed by atoms with Gasteiger partial charge in [-0.2, -0.15) is 0 Å². The first-order chi connectivity index (χ1) is 10.3. The van der Waals surface area contributed by atoms with Crippen LogP contribution in [0.3, 0.4) is 0 Å². The molecule has 1 aliphatic heterocycles. The van der Waals surface area contributed by atoms with Crippen LogP contribution in [0.4, 0.5) is 0 Å². The van der Waals surface area contributed by atoms with Crippen molar-refractivity contribution in [1.82, 2.24) is 10.2 Å². The number of benzene rings is 1. The summed E-state index contributed by atoms with van der Waals surface area (Å²) in [5.74, 6) is 0.842. The van der Waals surface area contributed by atoms with Crippen LogP contribution in [0.1, 0.15) is 31.2 Å². The summed E-state index contributed by atoms with van der Waals surface area (Å²) in [6.07, 6.45) is 5.64. The molecule has 1 N–H and O–H groups in total. The maximum Gasteiger partial charge on any atom is 0.224 e. The highest BCUT2D eigenvalue weighted by Gasteiger charge is 2.10. The summed E-state index contributed by atoms with van der Waals surface area (Å²) in [6.45, 7) is 4.02. The Labute approximate surface area is 127 Å². The van der Waals surface area contributed by atoms with Crippen LogP contribution in [0, 0.1) is 0 Å². The summed E-state index contributed by atoms with van der Waals surface area (Å²) in [6, 6.07) is 7.68. The summed E-state index contributed by atoms with van der Waals surface area (Å²) in [4.78, 5) is 14.5. The zero-order chi connectivity index (χ0) is 14.9. The average molecular weight is 290 g/mol. The van der Waals surface area contributed by atoms with Crippen LogP contribution in [0.15, 0.2) is 24.3 Å². The number of amides is 1. The molecule has 1 heterocycles. The summed E-state index contributed by atoms with van der Waals surface area (Å²) >= 11 is 0. The number of ether oxygens (including phenoxy) is 1. The summed E-state index contributed by atoms with van der Waals surface area (Å²) < 4.78 is 5.27. The minimum Gasteiger partial charge on any atom is -0.496 e. The second kappa shape index (κ2) is 8.67. The largest absolute Gasteiger partial charge is 0.496 e. The third-order valence-corrected chi connectivity index (χ3v) is 3.99. The quantitative estimate of drug-likeness (QED) is 0.873. The lowest BCUT2D eigenvalue weighted by Gasteiger charge is -2.19. The van der Waals surface area contributed by atoms with Crippen LogP contribution in [0.2, 0.25) is 0 Å². The number of likely N-dealkylation sites (tertiary alicyclic amines) is 1. The number of para-hydroxylation sites is 1. The molecule has 2 rings (SSSR count). The molecule has 4 nitrogen and oxygen atoms in total. The van der Waals surface area contributed by atoms with Gasteiger partial charge in [-0.15, -0.1) is 0 Å². The predicted molar refractivity (Wildman–Crippen MR) is 84.6 cm³/mol. The zero-order valence-electron chi connectivity index (χ0n) is 12.9. The summed E-state index contributed by atoms with van der Waals surface area (Å²) in [5, 5.41) is 3.01. The van der Waals surface area contributed by atoms with Crippen LogP contribution in [-0.4, -0.2) is 44.1 Å². The van der Waals surface area contributed by atoms with E-state index in [1.807, 2.05) is 24.3 Å². The van der Waals surface area contributed by atoms with Gasteiger partial charge in [0.1, 0.15) is 5.75 Å². The van der Waals surface area contributed by atoms with Gasteiger partial charge in [-0.05, 0) is 32.0 Å². The van der Waals surface area contributed by atoms with Crippen LogP contribution in [0.5, 0.6) is 5.75 Å². The number of carbonyl (C=O) groups excluding carboxylic acids is 1. The van der Waals surface area contributed by atoms with Crippen molar-refractivity contribution in [2.24, 2.45) is 0 Å². The smallest absolute Gasteiger partial charge is 0.224 e. The predicted octanol–water partition coefficient (Wildman–Crippen LogP) is 2.23. The number of carbonyl (C=O) groups is 1. The lowest BCUT2D eigenvalue weighted by molar-refractivity contribution is -0.120. The van der Waals surface area contributed by atoms with E-state index in [2.05, 4.69) is 10.2 Å². The molecular weight excluding hydrogens is 264 g/mol. The van der Waals surface area contributed by atoms with Gasteiger partial charge in [-0.25, -0.2) is 0 Å². The topological polar surface area (TPSA) is 41.6 Å². The van der Waals surface area contributed by atoms with E-state index in [1.54, 1.807) is 7.11 Å². The van der Waals surface area contributed by atoms with E-state index in [0.717, 1.165) is 24.4 Å². The van der Waals surface area contributed by atoms with Crippen molar-refractivity contribution in [1.29, 1.82) is 0 Å². The van der Waals surface area contributed by atoms with E-state index in [1.165, 1.54) is 38.8 Å². The highest BCUT2D eigenvalue weighted by Crippen LogP contribution is 2.17. The SMILES string of the molecule is COc1ccccc1CC(=O)NCCN1CCCCCC1. The molecule has 1 aromatic carbocycles. The second-order valence-electron chi connectivity index (χ2n) is 5.59. The molecule has 1 saturated heterocycles. The van der Waals surface area contributed by atoms with Gasteiger partial charge in [0.25, 0.3) is 0 Å². The summed E-state index contributed by atoms with van der Waals surface area (Å²) in [7, 11) is 1.63. The van der Waals surface area contributed by atoms with Crippen molar-refractivity contribution < 1.29 is 9.53 Å². The second-order valence-corrected chi connectivity index (χ2v) is 5.59. The van der Waals surface area contributed by atoms with Crippen LogP contribution < -0.4 is 10.1 Å². The van der Waals surface area contributed by atoms with E-state index >= 15 is 0 Å². The fraction of sp³-hybridized carbons (Fsp3) is 0.588. The van der Waals surface area contributed by atoms with Gasteiger partial charge < -0.3 is 15.0 Å². The van der Waals surface area contributed by atoms with Gasteiger partial charge in [0.05, 0.1) is 13.5 Å². The molecule has 21 heavy (non-hydrogen) atoms. The number of hydrogen-bond acceptors (Lipinski definition) is 3. The number of methoxy groups -OCH3 is 1. The molecular formula is C17H26N2O2. The molecule has 4 heteroatoms. The monoisotopic (exact) mass is 290 g/mol. The minimum atomic E-state index is 0.0642. The Bertz CT molecular complexity index is 440. The van der Waals surface area contributed by atoms with E-state index in [4.69, 9.17) is 4.74 Å². The van der Waals surface area contributed by atoms with Gasteiger partial charge >= 0.3 is 0 Å². The van der Waals surface area contributed by atoms with E-state index in [9.17, 15) is 4.79 Å². The molecule has 0 aliphatic carbocycles. The Morgan fingerprint density at radius 3 is 2.62 bits per heavy atom. The molecule has 0 aromatic heterocycles. The Balaban J connectivity index is 1.72. The molecule has 0 atom stereocenters. The van der Waals surface area contributed by atoms with Crippen LogP contribution in [0.25, 0.3) is 0 Å². The normalized spacial score (nSPS) is 16.2. The molecule has 0 saturated carbocycles. The van der Waals surface area contributed by atoms with Gasteiger partial charge in [0.2, 0.25) is 5.91 Å². The van der Waals surface area contributed by atoms with Crippen molar-refractivity contribution in [3.63, 3.8) is 0 Å². The molecule has 1 amide bonds.